The van der Waals surface area contributed by atoms with Gasteiger partial charge < -0.3 is 0 Å². The third-order valence-electron chi connectivity index (χ3n) is 2.93. The van der Waals surface area contributed by atoms with Crippen LogP contribution in [0.15, 0.2) is 95.2 Å². The molecule has 0 saturated heterocycles. The molecule has 0 spiro atoms. The van der Waals surface area contributed by atoms with Gasteiger partial charge in [0.05, 0.1) is 0 Å². The molecule has 24 heavy (non-hydrogen) atoms. The van der Waals surface area contributed by atoms with Crippen molar-refractivity contribution in [2.24, 2.45) is 0 Å². The third-order valence-corrected chi connectivity index (χ3v) is 2.93. The molecule has 0 aromatic heterocycles. The van der Waals surface area contributed by atoms with Crippen molar-refractivity contribution >= 4 is 12.6 Å². The number of carbonyl (C=O) groups is 2. The summed E-state index contributed by atoms with van der Waals surface area (Å²) in [4.78, 5) is 20.6. The van der Waals surface area contributed by atoms with Crippen molar-refractivity contribution in [1.29, 1.82) is 0 Å². The average molecular weight is 322 g/mol. The second kappa shape index (κ2) is 13.9. The summed E-state index contributed by atoms with van der Waals surface area (Å²) in [6.45, 7) is 7.79. The van der Waals surface area contributed by atoms with Crippen LogP contribution in [0.1, 0.15) is 27.7 Å². The summed E-state index contributed by atoms with van der Waals surface area (Å²) in [6.07, 6.45) is 24.2. The smallest absolute Gasteiger partial charge is 0.143 e. The predicted molar refractivity (Wildman–Crippen MR) is 104 cm³/mol. The molecule has 0 amide bonds. The lowest BCUT2D eigenvalue weighted by atomic mass is 10.2. The molecule has 0 unspecified atom stereocenters. The van der Waals surface area contributed by atoms with E-state index in [1.165, 1.54) is 12.2 Å². The van der Waals surface area contributed by atoms with E-state index in [9.17, 15) is 9.59 Å². The van der Waals surface area contributed by atoms with E-state index in [1.54, 1.807) is 0 Å². The summed E-state index contributed by atoms with van der Waals surface area (Å²) >= 11 is 0. The van der Waals surface area contributed by atoms with Gasteiger partial charge in [-0.1, -0.05) is 71.9 Å². The summed E-state index contributed by atoms with van der Waals surface area (Å²) in [5.74, 6) is 0. The molecule has 0 aliphatic heterocycles. The molecule has 0 aromatic rings. The van der Waals surface area contributed by atoms with Crippen LogP contribution < -0.4 is 0 Å². The Balaban J connectivity index is 4.54. The van der Waals surface area contributed by atoms with Gasteiger partial charge in [-0.3, -0.25) is 9.59 Å². The molecule has 0 aliphatic carbocycles. The highest BCUT2D eigenvalue weighted by Gasteiger charge is 1.81. The first kappa shape index (κ1) is 21.3. The standard InChI is InChI=1S/C22H26O2/c1-19(11-7-13-21(3)15-17-23)9-5-6-10-20(2)12-8-14-22(4)16-18-24/h5-18H,1-4H3/b9-5+,10-6+,13-7+,14-8+,19-11+,20-12+,21-15+,22-16+. The molecule has 0 aromatic carbocycles. The summed E-state index contributed by atoms with van der Waals surface area (Å²) in [5.41, 5.74) is 4.08. The SMILES string of the molecule is CC(/C=C/C=C(C)/C=C/C=C/C(C)=C/C=C/C(C)=C/C=O)=C\C=O. The van der Waals surface area contributed by atoms with Crippen LogP contribution >= 0.6 is 0 Å². The molecule has 0 rings (SSSR count). The van der Waals surface area contributed by atoms with E-state index in [0.29, 0.717) is 0 Å². The van der Waals surface area contributed by atoms with E-state index in [0.717, 1.165) is 34.9 Å². The monoisotopic (exact) mass is 322 g/mol. The molecular formula is C22H26O2. The lowest BCUT2D eigenvalue weighted by molar-refractivity contribution is -0.104. The molecule has 0 saturated carbocycles. The second-order valence-electron chi connectivity index (χ2n) is 5.35. The van der Waals surface area contributed by atoms with Crippen LogP contribution in [0.3, 0.4) is 0 Å². The fourth-order valence-corrected chi connectivity index (χ4v) is 1.55. The molecule has 0 aliphatic rings. The Hall–Kier alpha value is -2.74. The molecule has 0 bridgehead atoms. The largest absolute Gasteiger partial charge is 0.299 e. The van der Waals surface area contributed by atoms with Gasteiger partial charge in [0, 0.05) is 0 Å². The molecule has 0 N–H and O–H groups in total. The van der Waals surface area contributed by atoms with Gasteiger partial charge >= 0.3 is 0 Å². The highest BCUT2D eigenvalue weighted by Crippen LogP contribution is 2.01. The number of aldehydes is 2. The van der Waals surface area contributed by atoms with Crippen molar-refractivity contribution in [2.45, 2.75) is 27.7 Å². The Labute approximate surface area is 145 Å². The number of allylic oxidation sites excluding steroid dienone is 16. The molecule has 126 valence electrons. The van der Waals surface area contributed by atoms with Gasteiger partial charge in [0.15, 0.2) is 0 Å². The highest BCUT2D eigenvalue weighted by atomic mass is 16.1. The van der Waals surface area contributed by atoms with E-state index < -0.39 is 0 Å². The minimum Gasteiger partial charge on any atom is -0.299 e. The number of hydrogen-bond acceptors (Lipinski definition) is 2. The number of carbonyl (C=O) groups excluding carboxylic acids is 2. The maximum Gasteiger partial charge on any atom is 0.143 e. The van der Waals surface area contributed by atoms with E-state index in [4.69, 9.17) is 0 Å². The van der Waals surface area contributed by atoms with Crippen molar-refractivity contribution < 1.29 is 9.59 Å². The van der Waals surface area contributed by atoms with Gasteiger partial charge in [-0.25, -0.2) is 0 Å². The lowest BCUT2D eigenvalue weighted by Crippen LogP contribution is -1.71. The molecular weight excluding hydrogens is 296 g/mol. The maximum atomic E-state index is 10.3. The predicted octanol–water partition coefficient (Wildman–Crippen LogP) is 5.39. The fraction of sp³-hybridized carbons (Fsp3) is 0.182. The van der Waals surface area contributed by atoms with Gasteiger partial charge in [-0.2, -0.15) is 0 Å². The van der Waals surface area contributed by atoms with Crippen LogP contribution in [-0.4, -0.2) is 12.6 Å². The van der Waals surface area contributed by atoms with Gasteiger partial charge in [-0.05, 0) is 51.0 Å². The Morgan fingerprint density at radius 2 is 0.750 bits per heavy atom. The minimum absolute atomic E-state index is 0.784. The Morgan fingerprint density at radius 1 is 0.458 bits per heavy atom. The average Bonchev–Trinajstić information content (AvgIpc) is 2.52. The summed E-state index contributed by atoms with van der Waals surface area (Å²) in [6, 6.07) is 0. The zero-order valence-electron chi connectivity index (χ0n) is 14.9. The van der Waals surface area contributed by atoms with E-state index in [2.05, 4.69) is 0 Å². The topological polar surface area (TPSA) is 34.1 Å². The highest BCUT2D eigenvalue weighted by molar-refractivity contribution is 5.67. The molecule has 0 fully saturated rings. The van der Waals surface area contributed by atoms with Crippen LogP contribution in [0.2, 0.25) is 0 Å². The number of hydrogen-bond donors (Lipinski definition) is 0. The van der Waals surface area contributed by atoms with E-state index in [-0.39, 0.29) is 0 Å². The molecule has 0 heterocycles. The van der Waals surface area contributed by atoms with Crippen LogP contribution in [0, 0.1) is 0 Å². The third kappa shape index (κ3) is 13.0. The fourth-order valence-electron chi connectivity index (χ4n) is 1.55. The first-order chi connectivity index (χ1) is 11.5. The quantitative estimate of drug-likeness (QED) is 0.324. The first-order valence-electron chi connectivity index (χ1n) is 7.78. The van der Waals surface area contributed by atoms with E-state index in [1.807, 2.05) is 88.5 Å². The molecule has 2 heteroatoms. The van der Waals surface area contributed by atoms with Crippen LogP contribution in [0.25, 0.3) is 0 Å². The Bertz CT molecular complexity index is 587. The first-order valence-corrected chi connectivity index (χ1v) is 7.78. The van der Waals surface area contributed by atoms with Crippen molar-refractivity contribution in [3.05, 3.63) is 95.2 Å². The van der Waals surface area contributed by atoms with Crippen LogP contribution in [-0.2, 0) is 9.59 Å². The Morgan fingerprint density at radius 3 is 1.08 bits per heavy atom. The number of rotatable bonds is 9. The summed E-state index contributed by atoms with van der Waals surface area (Å²) in [7, 11) is 0. The van der Waals surface area contributed by atoms with Crippen molar-refractivity contribution in [1.82, 2.24) is 0 Å². The van der Waals surface area contributed by atoms with E-state index >= 15 is 0 Å². The van der Waals surface area contributed by atoms with Gasteiger partial charge in [0.1, 0.15) is 12.6 Å². The normalized spacial score (nSPS) is 15.3. The lowest BCUT2D eigenvalue weighted by Gasteiger charge is -1.90. The van der Waals surface area contributed by atoms with Crippen molar-refractivity contribution in [3.63, 3.8) is 0 Å². The summed E-state index contributed by atoms with van der Waals surface area (Å²) < 4.78 is 0. The van der Waals surface area contributed by atoms with Gasteiger partial charge in [-0.15, -0.1) is 0 Å². The maximum absolute atomic E-state index is 10.3. The second-order valence-corrected chi connectivity index (χ2v) is 5.35. The van der Waals surface area contributed by atoms with Crippen molar-refractivity contribution in [3.8, 4) is 0 Å². The minimum atomic E-state index is 0.784. The summed E-state index contributed by atoms with van der Waals surface area (Å²) in [5, 5.41) is 0. The van der Waals surface area contributed by atoms with Crippen LogP contribution in [0.4, 0.5) is 0 Å². The van der Waals surface area contributed by atoms with Gasteiger partial charge in [0.25, 0.3) is 0 Å². The molecule has 0 atom stereocenters. The molecule has 0 radical (unpaired) electrons. The molecule has 2 nitrogen and oxygen atoms in total. The Kier molecular flexibility index (Phi) is 12.3. The van der Waals surface area contributed by atoms with Crippen LogP contribution in [0.5, 0.6) is 0 Å². The van der Waals surface area contributed by atoms with Crippen molar-refractivity contribution in [2.75, 3.05) is 0 Å². The van der Waals surface area contributed by atoms with Gasteiger partial charge in [0.2, 0.25) is 0 Å². The zero-order chi connectivity index (χ0) is 18.2. The zero-order valence-corrected chi connectivity index (χ0v) is 14.9.